The molecule has 3 rings (SSSR count). The molecule has 0 aromatic carbocycles. The van der Waals surface area contributed by atoms with E-state index in [-0.39, 0.29) is 0 Å². The molecular weight excluding hydrogens is 292 g/mol. The van der Waals surface area contributed by atoms with Crippen molar-refractivity contribution in [1.29, 1.82) is 0 Å². The molecule has 0 spiro atoms. The quantitative estimate of drug-likeness (QED) is 0.837. The van der Waals surface area contributed by atoms with Crippen molar-refractivity contribution in [2.24, 2.45) is 5.92 Å². The molecule has 0 saturated carbocycles. The zero-order valence-corrected chi connectivity index (χ0v) is 13.9. The minimum atomic E-state index is 0.298. The second-order valence-corrected chi connectivity index (χ2v) is 6.65. The second-order valence-electron chi connectivity index (χ2n) is 6.65. The first-order chi connectivity index (χ1) is 11.2. The molecule has 2 aromatic rings. The number of fused-ring (bicyclic) bond motifs is 1. The van der Waals surface area contributed by atoms with E-state index in [1.165, 1.54) is 6.42 Å². The first-order valence-electron chi connectivity index (χ1n) is 8.45. The molecule has 7 nitrogen and oxygen atoms in total. The van der Waals surface area contributed by atoms with Crippen molar-refractivity contribution >= 4 is 11.3 Å². The van der Waals surface area contributed by atoms with Crippen LogP contribution in [0.25, 0.3) is 5.65 Å². The molecule has 126 valence electrons. The van der Waals surface area contributed by atoms with E-state index in [9.17, 15) is 5.11 Å². The Hall–Kier alpha value is -1.73. The lowest BCUT2D eigenvalue weighted by Crippen LogP contribution is -2.39. The summed E-state index contributed by atoms with van der Waals surface area (Å²) in [5.41, 5.74) is 2.77. The predicted octanol–water partition coefficient (Wildman–Crippen LogP) is 1.36. The minimum Gasteiger partial charge on any atom is -0.396 e. The first-order valence-corrected chi connectivity index (χ1v) is 8.45. The largest absolute Gasteiger partial charge is 0.396 e. The molecule has 1 unspecified atom stereocenters. The van der Waals surface area contributed by atoms with Crippen LogP contribution in [0.4, 0.5) is 5.69 Å². The van der Waals surface area contributed by atoms with Gasteiger partial charge in [0.25, 0.3) is 0 Å². The van der Waals surface area contributed by atoms with Crippen LogP contribution in [0, 0.1) is 5.92 Å². The summed E-state index contributed by atoms with van der Waals surface area (Å²) < 4.78 is 1.74. The van der Waals surface area contributed by atoms with E-state index < -0.39 is 0 Å². The highest BCUT2D eigenvalue weighted by atomic mass is 16.3. The van der Waals surface area contributed by atoms with Gasteiger partial charge in [-0.15, -0.1) is 10.2 Å². The molecule has 1 fully saturated rings. The Bertz CT molecular complexity index is 641. The van der Waals surface area contributed by atoms with E-state index in [1.54, 1.807) is 10.8 Å². The number of hydrogen-bond acceptors (Lipinski definition) is 6. The maximum atomic E-state index is 9.32. The maximum absolute atomic E-state index is 9.32. The van der Waals surface area contributed by atoms with Crippen LogP contribution < -0.4 is 5.32 Å². The number of aliphatic hydroxyl groups is 1. The van der Waals surface area contributed by atoms with E-state index in [0.29, 0.717) is 18.4 Å². The van der Waals surface area contributed by atoms with Gasteiger partial charge in [0.2, 0.25) is 5.65 Å². The summed E-state index contributed by atoms with van der Waals surface area (Å²) in [6.45, 7) is 8.49. The van der Waals surface area contributed by atoms with Crippen molar-refractivity contribution in [3.8, 4) is 0 Å². The maximum Gasteiger partial charge on any atom is 0.200 e. The number of hydrogen-bond donors (Lipinski definition) is 2. The van der Waals surface area contributed by atoms with Crippen LogP contribution >= 0.6 is 0 Å². The third kappa shape index (κ3) is 3.79. The first kappa shape index (κ1) is 16.1. The molecule has 23 heavy (non-hydrogen) atoms. The van der Waals surface area contributed by atoms with Crippen LogP contribution in [0.3, 0.4) is 0 Å². The number of likely N-dealkylation sites (tertiary alicyclic amines) is 1. The van der Waals surface area contributed by atoms with Gasteiger partial charge in [-0.2, -0.15) is 9.61 Å². The fraction of sp³-hybridized carbons (Fsp3) is 0.688. The third-order valence-electron chi connectivity index (χ3n) is 4.48. The Balaban J connectivity index is 1.63. The molecule has 0 radical (unpaired) electrons. The summed E-state index contributed by atoms with van der Waals surface area (Å²) >= 11 is 0. The summed E-state index contributed by atoms with van der Waals surface area (Å²) in [5.74, 6) is 0.787. The molecular formula is C16H26N6O. The molecule has 1 aliphatic rings. The topological polar surface area (TPSA) is 78.6 Å². The number of anilines is 1. The average Bonchev–Trinajstić information content (AvgIpc) is 3.03. The van der Waals surface area contributed by atoms with Gasteiger partial charge in [-0.3, -0.25) is 0 Å². The Morgan fingerprint density at radius 3 is 3.09 bits per heavy atom. The van der Waals surface area contributed by atoms with Crippen molar-refractivity contribution in [3.63, 3.8) is 0 Å². The van der Waals surface area contributed by atoms with E-state index in [0.717, 1.165) is 49.6 Å². The summed E-state index contributed by atoms with van der Waals surface area (Å²) in [5, 5.41) is 25.4. The van der Waals surface area contributed by atoms with Gasteiger partial charge in [-0.25, -0.2) is 0 Å². The molecule has 1 atom stereocenters. The summed E-state index contributed by atoms with van der Waals surface area (Å²) in [4.78, 5) is 2.42. The number of nitrogens with one attached hydrogen (secondary N) is 1. The van der Waals surface area contributed by atoms with Crippen LogP contribution in [-0.2, 0) is 0 Å². The molecule has 1 saturated heterocycles. The summed E-state index contributed by atoms with van der Waals surface area (Å²) in [7, 11) is 0. The van der Waals surface area contributed by atoms with E-state index in [1.807, 2.05) is 0 Å². The van der Waals surface area contributed by atoms with Crippen LogP contribution in [0.2, 0.25) is 0 Å². The van der Waals surface area contributed by atoms with Gasteiger partial charge >= 0.3 is 0 Å². The Kier molecular flexibility index (Phi) is 5.07. The van der Waals surface area contributed by atoms with Crippen molar-refractivity contribution < 1.29 is 5.11 Å². The van der Waals surface area contributed by atoms with Crippen LogP contribution in [0.15, 0.2) is 12.4 Å². The van der Waals surface area contributed by atoms with Crippen LogP contribution in [0.1, 0.15) is 38.3 Å². The lowest BCUT2D eigenvalue weighted by Gasteiger charge is -2.31. The zero-order chi connectivity index (χ0) is 16.2. The van der Waals surface area contributed by atoms with Crippen molar-refractivity contribution in [2.45, 2.75) is 32.6 Å². The van der Waals surface area contributed by atoms with Gasteiger partial charge in [0.1, 0.15) is 6.33 Å². The van der Waals surface area contributed by atoms with Crippen LogP contribution in [0.5, 0.6) is 0 Å². The van der Waals surface area contributed by atoms with E-state index in [4.69, 9.17) is 0 Å². The van der Waals surface area contributed by atoms with Gasteiger partial charge < -0.3 is 15.3 Å². The monoisotopic (exact) mass is 318 g/mol. The molecule has 7 heteroatoms. The molecule has 0 amide bonds. The lowest BCUT2D eigenvalue weighted by molar-refractivity contribution is 0.123. The molecule has 0 bridgehead atoms. The van der Waals surface area contributed by atoms with Crippen LogP contribution in [-0.4, -0.2) is 62.6 Å². The highest BCUT2D eigenvalue weighted by molar-refractivity contribution is 5.66. The third-order valence-corrected chi connectivity index (χ3v) is 4.48. The van der Waals surface area contributed by atoms with Gasteiger partial charge in [0.15, 0.2) is 0 Å². The van der Waals surface area contributed by atoms with Crippen molar-refractivity contribution in [2.75, 3.05) is 38.1 Å². The average molecular weight is 318 g/mol. The number of rotatable bonds is 6. The summed E-state index contributed by atoms with van der Waals surface area (Å²) in [6, 6.07) is 2.07. The fourth-order valence-corrected chi connectivity index (χ4v) is 3.11. The lowest BCUT2D eigenvalue weighted by atomic mass is 9.99. The van der Waals surface area contributed by atoms with E-state index in [2.05, 4.69) is 45.4 Å². The predicted molar refractivity (Wildman–Crippen MR) is 89.6 cm³/mol. The highest BCUT2D eigenvalue weighted by Crippen LogP contribution is 2.20. The Labute approximate surface area is 136 Å². The Morgan fingerprint density at radius 2 is 2.30 bits per heavy atom. The zero-order valence-electron chi connectivity index (χ0n) is 13.9. The van der Waals surface area contributed by atoms with Gasteiger partial charge in [0.05, 0.1) is 11.4 Å². The molecule has 2 aromatic heterocycles. The molecule has 1 aliphatic heterocycles. The van der Waals surface area contributed by atoms with E-state index >= 15 is 0 Å². The molecule has 2 N–H and O–H groups in total. The smallest absolute Gasteiger partial charge is 0.200 e. The van der Waals surface area contributed by atoms with Gasteiger partial charge in [-0.1, -0.05) is 13.8 Å². The second kappa shape index (κ2) is 7.23. The van der Waals surface area contributed by atoms with Gasteiger partial charge in [-0.05, 0) is 37.3 Å². The number of nitrogens with zero attached hydrogens (tertiary/aromatic N) is 5. The molecule has 3 heterocycles. The SMILES string of the molecule is CC(C)c1cc(NCCN2CCCC(CO)C2)c2nncn2n1. The summed E-state index contributed by atoms with van der Waals surface area (Å²) in [6.07, 6.45) is 3.96. The standard InChI is InChI=1S/C16H26N6O/c1-12(2)14-8-15(16-19-18-11-22(16)20-14)17-5-7-21-6-3-4-13(9-21)10-23/h8,11-13,17,23H,3-7,9-10H2,1-2H3. The number of piperidine rings is 1. The number of aromatic nitrogens is 4. The fourth-order valence-electron chi connectivity index (χ4n) is 3.11. The molecule has 0 aliphatic carbocycles. The normalized spacial score (nSPS) is 19.6. The minimum absolute atomic E-state index is 0.298. The van der Waals surface area contributed by atoms with Crippen molar-refractivity contribution in [1.82, 2.24) is 24.7 Å². The van der Waals surface area contributed by atoms with Crippen molar-refractivity contribution in [3.05, 3.63) is 18.1 Å². The Morgan fingerprint density at radius 1 is 1.43 bits per heavy atom. The highest BCUT2D eigenvalue weighted by Gasteiger charge is 2.18. The van der Waals surface area contributed by atoms with Gasteiger partial charge in [0, 0.05) is 26.2 Å². The number of aliphatic hydroxyl groups excluding tert-OH is 1.